The van der Waals surface area contributed by atoms with E-state index in [4.69, 9.17) is 4.74 Å². The van der Waals surface area contributed by atoms with Crippen molar-refractivity contribution in [1.29, 1.82) is 0 Å². The quantitative estimate of drug-likeness (QED) is 0.513. The fraction of sp³-hybridized carbons (Fsp3) is 0.231. The Morgan fingerprint density at radius 3 is 2.66 bits per heavy atom. The summed E-state index contributed by atoms with van der Waals surface area (Å²) in [5, 5.41) is 3.58. The van der Waals surface area contributed by atoms with Gasteiger partial charge in [-0.15, -0.1) is 0 Å². The van der Waals surface area contributed by atoms with Crippen molar-refractivity contribution in [3.8, 4) is 5.69 Å². The smallest absolute Gasteiger partial charge is 0.257 e. The molecule has 0 aliphatic carbocycles. The Balaban J connectivity index is 1.35. The molecule has 4 aromatic rings. The summed E-state index contributed by atoms with van der Waals surface area (Å²) in [5.74, 6) is 0.0459. The maximum absolute atomic E-state index is 13.4. The summed E-state index contributed by atoms with van der Waals surface area (Å²) < 4.78 is 7.93. The van der Waals surface area contributed by atoms with E-state index >= 15 is 0 Å². The predicted octanol–water partition coefficient (Wildman–Crippen LogP) is 4.77. The monoisotopic (exact) mass is 424 g/mol. The van der Waals surface area contributed by atoms with Crippen LogP contribution < -0.4 is 5.32 Å². The zero-order chi connectivity index (χ0) is 21.5. The number of amides is 1. The number of aromatic nitrogens is 2. The minimum atomic E-state index is -0.241. The van der Waals surface area contributed by atoms with E-state index in [2.05, 4.69) is 45.2 Å². The number of nitrogens with zero attached hydrogens (tertiary/aromatic N) is 3. The van der Waals surface area contributed by atoms with Crippen LogP contribution in [-0.4, -0.2) is 39.6 Å². The van der Waals surface area contributed by atoms with Crippen LogP contribution in [-0.2, 0) is 4.74 Å². The number of nitrogens with one attached hydrogen (secondary N) is 1. The van der Waals surface area contributed by atoms with E-state index in [1.165, 1.54) is 0 Å². The fourth-order valence-electron chi connectivity index (χ4n) is 4.73. The lowest BCUT2D eigenvalue weighted by Crippen LogP contribution is -2.46. The van der Waals surface area contributed by atoms with Gasteiger partial charge >= 0.3 is 0 Å². The third-order valence-corrected chi connectivity index (χ3v) is 6.39. The molecule has 1 N–H and O–H groups in total. The molecule has 0 spiro atoms. The van der Waals surface area contributed by atoms with Crippen LogP contribution in [0.2, 0.25) is 0 Å². The molecule has 1 aromatic heterocycles. The Labute approximate surface area is 186 Å². The topological polar surface area (TPSA) is 59.4 Å². The molecule has 2 aliphatic heterocycles. The van der Waals surface area contributed by atoms with Crippen LogP contribution in [0.1, 0.15) is 34.9 Å². The van der Waals surface area contributed by atoms with Crippen LogP contribution in [0.5, 0.6) is 0 Å². The molecular weight excluding hydrogens is 400 g/mol. The number of para-hydroxylation sites is 3. The summed E-state index contributed by atoms with van der Waals surface area (Å²) >= 11 is 0. The number of hydrogen-bond acceptors (Lipinski definition) is 4. The van der Waals surface area contributed by atoms with Gasteiger partial charge in [-0.3, -0.25) is 9.36 Å². The lowest BCUT2D eigenvalue weighted by Gasteiger charge is -2.39. The van der Waals surface area contributed by atoms with Gasteiger partial charge in [0.05, 0.1) is 22.7 Å². The van der Waals surface area contributed by atoms with Crippen molar-refractivity contribution in [2.75, 3.05) is 18.5 Å². The average Bonchev–Trinajstić information content (AvgIpc) is 3.51. The van der Waals surface area contributed by atoms with Gasteiger partial charge in [-0.25, -0.2) is 4.98 Å². The molecule has 3 aromatic carbocycles. The lowest BCUT2D eigenvalue weighted by atomic mass is 10.0. The van der Waals surface area contributed by atoms with E-state index in [9.17, 15) is 4.79 Å². The normalized spacial score (nSPS) is 20.4. The lowest BCUT2D eigenvalue weighted by molar-refractivity contribution is 0.0427. The highest BCUT2D eigenvalue weighted by Gasteiger charge is 2.35. The zero-order valence-electron chi connectivity index (χ0n) is 17.6. The summed E-state index contributed by atoms with van der Waals surface area (Å²) in [6.07, 6.45) is 3.74. The Kier molecular flexibility index (Phi) is 4.65. The van der Waals surface area contributed by atoms with E-state index in [0.717, 1.165) is 47.4 Å². The predicted molar refractivity (Wildman–Crippen MR) is 124 cm³/mol. The number of rotatable bonds is 4. The van der Waals surface area contributed by atoms with Crippen LogP contribution in [0.4, 0.5) is 5.69 Å². The van der Waals surface area contributed by atoms with E-state index in [-0.39, 0.29) is 18.2 Å². The molecule has 6 heteroatoms. The molecule has 0 bridgehead atoms. The maximum Gasteiger partial charge on any atom is 0.257 e. The van der Waals surface area contributed by atoms with Crippen molar-refractivity contribution in [3.63, 3.8) is 0 Å². The second-order valence-electron chi connectivity index (χ2n) is 8.38. The van der Waals surface area contributed by atoms with Gasteiger partial charge in [0.25, 0.3) is 5.91 Å². The first-order chi connectivity index (χ1) is 15.8. The van der Waals surface area contributed by atoms with Crippen LogP contribution >= 0.6 is 0 Å². The van der Waals surface area contributed by atoms with Crippen molar-refractivity contribution in [1.82, 2.24) is 14.5 Å². The van der Waals surface area contributed by atoms with E-state index in [0.29, 0.717) is 12.1 Å². The van der Waals surface area contributed by atoms with Crippen molar-refractivity contribution < 1.29 is 9.53 Å². The standard InChI is InChI=1S/C26H24N4O2/c31-26-21-7-1-2-8-22(21)28-25(29(26)16-20-6-5-15-32-20)18-11-13-19(14-12-18)30-17-27-23-9-3-4-10-24(23)30/h1-4,7-14,17,20,25,28H,5-6,15-16H2/t20-,25+/m0/s1. The first kappa shape index (κ1) is 19.1. The third kappa shape index (κ3) is 3.24. The Bertz CT molecular complexity index is 1270. The second kappa shape index (κ2) is 7.80. The van der Waals surface area contributed by atoms with Gasteiger partial charge < -0.3 is 15.0 Å². The minimum absolute atomic E-state index is 0.0459. The molecule has 1 fully saturated rings. The molecule has 0 radical (unpaired) electrons. The largest absolute Gasteiger partial charge is 0.376 e. The van der Waals surface area contributed by atoms with Crippen LogP contribution in [0.25, 0.3) is 16.7 Å². The molecule has 2 atom stereocenters. The van der Waals surface area contributed by atoms with Crippen molar-refractivity contribution >= 4 is 22.6 Å². The summed E-state index contributed by atoms with van der Waals surface area (Å²) in [4.78, 5) is 19.8. The molecule has 0 unspecified atom stereocenters. The fourth-order valence-corrected chi connectivity index (χ4v) is 4.73. The maximum atomic E-state index is 13.4. The van der Waals surface area contributed by atoms with E-state index in [1.807, 2.05) is 53.7 Å². The highest BCUT2D eigenvalue weighted by Crippen LogP contribution is 2.34. The van der Waals surface area contributed by atoms with E-state index in [1.54, 1.807) is 0 Å². The molecule has 160 valence electrons. The van der Waals surface area contributed by atoms with Gasteiger partial charge in [0.2, 0.25) is 0 Å². The Hall–Kier alpha value is -3.64. The Morgan fingerprint density at radius 2 is 1.81 bits per heavy atom. The molecule has 0 saturated carbocycles. The molecule has 32 heavy (non-hydrogen) atoms. The SMILES string of the molecule is O=C1c2ccccc2N[C@@H](c2ccc(-n3cnc4ccccc43)cc2)N1C[C@@H]1CCCO1. The van der Waals surface area contributed by atoms with Crippen LogP contribution in [0, 0.1) is 0 Å². The minimum Gasteiger partial charge on any atom is -0.376 e. The number of benzene rings is 3. The number of fused-ring (bicyclic) bond motifs is 2. The number of hydrogen-bond donors (Lipinski definition) is 1. The molecular formula is C26H24N4O2. The molecule has 1 saturated heterocycles. The number of imidazole rings is 1. The number of ether oxygens (including phenoxy) is 1. The average molecular weight is 425 g/mol. The van der Waals surface area contributed by atoms with Gasteiger partial charge in [-0.05, 0) is 54.8 Å². The van der Waals surface area contributed by atoms with Crippen LogP contribution in [0.15, 0.2) is 79.1 Å². The van der Waals surface area contributed by atoms with Crippen molar-refractivity contribution in [2.45, 2.75) is 25.1 Å². The summed E-state index contributed by atoms with van der Waals surface area (Å²) in [6, 6.07) is 24.2. The Morgan fingerprint density at radius 1 is 1.00 bits per heavy atom. The number of carbonyl (C=O) groups excluding carboxylic acids is 1. The molecule has 6 nitrogen and oxygen atoms in total. The summed E-state index contributed by atoms with van der Waals surface area (Å²) in [7, 11) is 0. The summed E-state index contributed by atoms with van der Waals surface area (Å²) in [6.45, 7) is 1.35. The molecule has 1 amide bonds. The van der Waals surface area contributed by atoms with Crippen molar-refractivity contribution in [2.24, 2.45) is 0 Å². The van der Waals surface area contributed by atoms with Gasteiger partial charge in [0.1, 0.15) is 12.5 Å². The summed E-state index contributed by atoms with van der Waals surface area (Å²) in [5.41, 5.74) is 5.70. The first-order valence-electron chi connectivity index (χ1n) is 11.1. The third-order valence-electron chi connectivity index (χ3n) is 6.39. The van der Waals surface area contributed by atoms with Gasteiger partial charge in [-0.1, -0.05) is 36.4 Å². The number of anilines is 1. The second-order valence-corrected chi connectivity index (χ2v) is 8.38. The molecule has 6 rings (SSSR count). The zero-order valence-corrected chi connectivity index (χ0v) is 17.6. The first-order valence-corrected chi connectivity index (χ1v) is 11.1. The van der Waals surface area contributed by atoms with Gasteiger partial charge in [0, 0.05) is 24.5 Å². The van der Waals surface area contributed by atoms with E-state index < -0.39 is 0 Å². The highest BCUT2D eigenvalue weighted by atomic mass is 16.5. The van der Waals surface area contributed by atoms with Crippen molar-refractivity contribution in [3.05, 3.63) is 90.3 Å². The van der Waals surface area contributed by atoms with Crippen LogP contribution in [0.3, 0.4) is 0 Å². The van der Waals surface area contributed by atoms with Gasteiger partial charge in [0.15, 0.2) is 0 Å². The molecule has 3 heterocycles. The number of carbonyl (C=O) groups is 1. The molecule has 2 aliphatic rings. The highest BCUT2D eigenvalue weighted by molar-refractivity contribution is 6.01. The van der Waals surface area contributed by atoms with Gasteiger partial charge in [-0.2, -0.15) is 0 Å².